The van der Waals surface area contributed by atoms with Crippen LogP contribution in [0.15, 0.2) is 29.6 Å². The molecule has 2 aromatic rings. The summed E-state index contributed by atoms with van der Waals surface area (Å²) in [5.74, 6) is -0.203. The molecule has 0 spiro atoms. The van der Waals surface area contributed by atoms with E-state index in [1.807, 2.05) is 6.07 Å². The Morgan fingerprint density at radius 2 is 2.29 bits per heavy atom. The maximum Gasteiger partial charge on any atom is 0.273 e. The Morgan fingerprint density at radius 1 is 1.36 bits per heavy atom. The second-order valence-electron chi connectivity index (χ2n) is 3.01. The van der Waals surface area contributed by atoms with Crippen molar-refractivity contribution in [1.82, 2.24) is 15.0 Å². The number of benzene rings is 1. The number of rotatable bonds is 0. The number of hydrazone groups is 1. The molecule has 5 nitrogen and oxygen atoms in total. The van der Waals surface area contributed by atoms with Crippen LogP contribution in [0, 0.1) is 0 Å². The molecule has 2 heterocycles. The molecule has 0 saturated heterocycles. The van der Waals surface area contributed by atoms with E-state index in [0.29, 0.717) is 5.56 Å². The van der Waals surface area contributed by atoms with Crippen LogP contribution in [-0.2, 0) is 0 Å². The molecule has 0 radical (unpaired) electrons. The molecule has 0 unspecified atom stereocenters. The number of para-hydroxylation sites is 1. The number of hydrogen-bond donors (Lipinski definition) is 1. The van der Waals surface area contributed by atoms with Gasteiger partial charge in [0, 0.05) is 0 Å². The summed E-state index contributed by atoms with van der Waals surface area (Å²) < 4.78 is 1.72. The summed E-state index contributed by atoms with van der Waals surface area (Å²) in [6, 6.07) is 5.42. The fourth-order valence-electron chi connectivity index (χ4n) is 1.57. The van der Waals surface area contributed by atoms with Crippen molar-refractivity contribution in [3.8, 4) is 0 Å². The Labute approximate surface area is 79.1 Å². The van der Waals surface area contributed by atoms with E-state index >= 15 is 0 Å². The zero-order valence-corrected chi connectivity index (χ0v) is 7.14. The summed E-state index contributed by atoms with van der Waals surface area (Å²) in [4.78, 5) is 15.7. The van der Waals surface area contributed by atoms with Crippen molar-refractivity contribution in [2.75, 3.05) is 0 Å². The van der Waals surface area contributed by atoms with Crippen molar-refractivity contribution in [2.45, 2.75) is 0 Å². The van der Waals surface area contributed by atoms with Crippen LogP contribution < -0.4 is 5.43 Å². The van der Waals surface area contributed by atoms with E-state index in [2.05, 4.69) is 15.5 Å². The minimum absolute atomic E-state index is 0.203. The molecule has 68 valence electrons. The largest absolute Gasteiger partial charge is 0.287 e. The highest BCUT2D eigenvalue weighted by Crippen LogP contribution is 2.17. The average Bonchev–Trinajstić information content (AvgIpc) is 2.53. The molecule has 1 aliphatic rings. The molecule has 3 rings (SSSR count). The highest BCUT2D eigenvalue weighted by atomic mass is 16.2. The molecule has 5 heteroatoms. The van der Waals surface area contributed by atoms with Crippen LogP contribution in [-0.4, -0.2) is 21.8 Å². The van der Waals surface area contributed by atoms with Crippen molar-refractivity contribution < 1.29 is 4.79 Å². The summed E-state index contributed by atoms with van der Waals surface area (Å²) in [5.41, 5.74) is 4.61. The minimum atomic E-state index is -0.203. The van der Waals surface area contributed by atoms with E-state index in [4.69, 9.17) is 0 Å². The molecule has 0 atom stereocenters. The number of imidazole rings is 1. The lowest BCUT2D eigenvalue weighted by molar-refractivity contribution is 0.0957. The van der Waals surface area contributed by atoms with Crippen LogP contribution in [0.4, 0.5) is 0 Å². The third-order valence-corrected chi connectivity index (χ3v) is 2.19. The van der Waals surface area contributed by atoms with Crippen molar-refractivity contribution in [3.63, 3.8) is 0 Å². The Kier molecular flexibility index (Phi) is 1.25. The van der Waals surface area contributed by atoms with Gasteiger partial charge in [0.05, 0.1) is 16.6 Å². The van der Waals surface area contributed by atoms with E-state index in [9.17, 15) is 4.79 Å². The maximum atomic E-state index is 11.5. The molecule has 1 aliphatic heterocycles. The molecule has 0 bridgehead atoms. The fraction of sp³-hybridized carbons (Fsp3) is 0. The second kappa shape index (κ2) is 2.41. The summed E-state index contributed by atoms with van der Waals surface area (Å²) >= 11 is 0. The van der Waals surface area contributed by atoms with E-state index in [1.165, 1.54) is 6.34 Å². The molecule has 1 amide bonds. The number of amides is 1. The van der Waals surface area contributed by atoms with Crippen LogP contribution in [0.3, 0.4) is 0 Å². The first-order chi connectivity index (χ1) is 6.86. The van der Waals surface area contributed by atoms with Crippen LogP contribution >= 0.6 is 0 Å². The molecular formula is C9H6N4O. The first-order valence-corrected chi connectivity index (χ1v) is 4.15. The number of aromatic nitrogens is 2. The first kappa shape index (κ1) is 7.25. The average molecular weight is 186 g/mol. The van der Waals surface area contributed by atoms with E-state index in [0.717, 1.165) is 11.0 Å². The van der Waals surface area contributed by atoms with Gasteiger partial charge in [-0.15, -0.1) is 0 Å². The zero-order chi connectivity index (χ0) is 9.54. The van der Waals surface area contributed by atoms with E-state index < -0.39 is 0 Å². The number of nitrogens with zero attached hydrogens (tertiary/aromatic N) is 3. The van der Waals surface area contributed by atoms with Crippen LogP contribution in [0.2, 0.25) is 0 Å². The summed E-state index contributed by atoms with van der Waals surface area (Å²) in [6.45, 7) is 0. The Hall–Kier alpha value is -2.17. The van der Waals surface area contributed by atoms with Crippen LogP contribution in [0.25, 0.3) is 11.0 Å². The second-order valence-corrected chi connectivity index (χ2v) is 3.01. The van der Waals surface area contributed by atoms with Gasteiger partial charge in [-0.1, -0.05) is 6.07 Å². The number of nitrogens with one attached hydrogen (secondary N) is 1. The third kappa shape index (κ3) is 0.806. The van der Waals surface area contributed by atoms with Gasteiger partial charge in [-0.3, -0.25) is 9.36 Å². The number of hydrogen-bond acceptors (Lipinski definition) is 3. The fourth-order valence-corrected chi connectivity index (χ4v) is 1.57. The quantitative estimate of drug-likeness (QED) is 0.653. The third-order valence-electron chi connectivity index (χ3n) is 2.19. The van der Waals surface area contributed by atoms with Crippen molar-refractivity contribution in [1.29, 1.82) is 0 Å². The topological polar surface area (TPSA) is 59.3 Å². The van der Waals surface area contributed by atoms with Gasteiger partial charge >= 0.3 is 0 Å². The lowest BCUT2D eigenvalue weighted by Crippen LogP contribution is -2.16. The molecule has 1 aromatic heterocycles. The molecular weight excluding hydrogens is 180 g/mol. The molecule has 0 fully saturated rings. The Morgan fingerprint density at radius 3 is 3.21 bits per heavy atom. The van der Waals surface area contributed by atoms with Crippen molar-refractivity contribution >= 4 is 23.3 Å². The molecule has 0 aliphatic carbocycles. The molecule has 0 saturated carbocycles. The van der Waals surface area contributed by atoms with Crippen LogP contribution in [0.1, 0.15) is 10.4 Å². The van der Waals surface area contributed by atoms with Gasteiger partial charge in [-0.2, -0.15) is 5.10 Å². The van der Waals surface area contributed by atoms with Gasteiger partial charge in [-0.25, -0.2) is 10.4 Å². The van der Waals surface area contributed by atoms with Crippen LogP contribution in [0.5, 0.6) is 0 Å². The Balaban J connectivity index is 2.52. The van der Waals surface area contributed by atoms with Crippen molar-refractivity contribution in [2.24, 2.45) is 5.10 Å². The highest BCUT2D eigenvalue weighted by molar-refractivity contribution is 6.07. The van der Waals surface area contributed by atoms with E-state index in [-0.39, 0.29) is 5.91 Å². The maximum absolute atomic E-state index is 11.5. The van der Waals surface area contributed by atoms with Crippen molar-refractivity contribution in [3.05, 3.63) is 30.1 Å². The molecule has 14 heavy (non-hydrogen) atoms. The summed E-state index contributed by atoms with van der Waals surface area (Å²) in [7, 11) is 0. The number of carbonyl (C=O) groups is 1. The van der Waals surface area contributed by atoms with Gasteiger partial charge in [0.2, 0.25) is 0 Å². The van der Waals surface area contributed by atoms with Gasteiger partial charge in [0.25, 0.3) is 5.91 Å². The summed E-state index contributed by atoms with van der Waals surface area (Å²) in [5, 5.41) is 3.76. The van der Waals surface area contributed by atoms with Gasteiger partial charge in [-0.05, 0) is 12.1 Å². The van der Waals surface area contributed by atoms with Gasteiger partial charge in [0.15, 0.2) is 0 Å². The molecule has 1 N–H and O–H groups in total. The molecule has 1 aromatic carbocycles. The SMILES string of the molecule is O=C1NN=Cn2cnc3cccc1c32. The Bertz CT molecular complexity index is 555. The van der Waals surface area contributed by atoms with Gasteiger partial charge in [0.1, 0.15) is 12.7 Å². The zero-order valence-electron chi connectivity index (χ0n) is 7.14. The van der Waals surface area contributed by atoms with E-state index in [1.54, 1.807) is 23.0 Å². The summed E-state index contributed by atoms with van der Waals surface area (Å²) in [6.07, 6.45) is 3.17. The highest BCUT2D eigenvalue weighted by Gasteiger charge is 2.15. The smallest absolute Gasteiger partial charge is 0.273 e. The lowest BCUT2D eigenvalue weighted by Gasteiger charge is -1.98. The predicted octanol–water partition coefficient (Wildman–Crippen LogP) is 0.571. The standard InChI is InChI=1S/C9H6N4O/c14-9-6-2-1-3-7-8(6)13(4-10-7)5-11-12-9/h1-5H,(H,12,14). The predicted molar refractivity (Wildman–Crippen MR) is 51.1 cm³/mol. The first-order valence-electron chi connectivity index (χ1n) is 4.15. The normalized spacial score (nSPS) is 14.1. The number of carbonyl (C=O) groups excluding carboxylic acids is 1. The van der Waals surface area contributed by atoms with Gasteiger partial charge < -0.3 is 0 Å². The lowest BCUT2D eigenvalue weighted by atomic mass is 10.2. The monoisotopic (exact) mass is 186 g/mol. The minimum Gasteiger partial charge on any atom is -0.287 e.